The zero-order valence-corrected chi connectivity index (χ0v) is 22.9. The first kappa shape index (κ1) is 25.8. The Morgan fingerprint density at radius 1 is 1.16 bits per heavy atom. The van der Waals surface area contributed by atoms with Gasteiger partial charge >= 0.3 is 6.09 Å². The highest BCUT2D eigenvalue weighted by molar-refractivity contribution is 6.06. The fourth-order valence-corrected chi connectivity index (χ4v) is 4.95. The third-order valence-corrected chi connectivity index (χ3v) is 7.38. The van der Waals surface area contributed by atoms with Crippen molar-refractivity contribution in [3.8, 4) is 0 Å². The van der Waals surface area contributed by atoms with E-state index < -0.39 is 11.0 Å². The number of amides is 2. The summed E-state index contributed by atoms with van der Waals surface area (Å²) in [5, 5.41) is 9.19. The van der Waals surface area contributed by atoms with Crippen LogP contribution in [0.2, 0.25) is 0 Å². The van der Waals surface area contributed by atoms with Crippen molar-refractivity contribution in [3.63, 3.8) is 0 Å². The normalized spacial score (nSPS) is 18.2. The van der Waals surface area contributed by atoms with Gasteiger partial charge in [-0.05, 0) is 70.6 Å². The number of anilines is 4. The minimum absolute atomic E-state index is 0.0126. The number of carbonyl (C=O) groups is 2. The Bertz CT molecular complexity index is 1380. The fraction of sp³-hybridized carbons (Fsp3) is 0.500. The number of rotatable bonds is 5. The standard InChI is InChI=1S/C28H36N6O4/c1-26(2,3)38-25(36)29-16-28(6)10-12-34(13-11-28)22-21-19(9-14-37-21)32-24(33-22)30-17-7-8-18-20(15-17)31-23(35)27(18,4)5/h7-9,14-15H,10-13,16H2,1-6H3,(H,29,36)(H,31,35)(H,30,32,33). The van der Waals surface area contributed by atoms with Gasteiger partial charge < -0.3 is 30.0 Å². The van der Waals surface area contributed by atoms with Crippen LogP contribution in [0.1, 0.15) is 59.9 Å². The number of nitrogens with zero attached hydrogens (tertiary/aromatic N) is 3. The molecule has 0 aliphatic carbocycles. The number of benzene rings is 1. The van der Waals surface area contributed by atoms with Gasteiger partial charge in [0.15, 0.2) is 11.4 Å². The molecule has 0 bridgehead atoms. The van der Waals surface area contributed by atoms with Crippen LogP contribution in [0.15, 0.2) is 34.9 Å². The van der Waals surface area contributed by atoms with E-state index in [0.29, 0.717) is 23.6 Å². The zero-order valence-electron chi connectivity index (χ0n) is 22.9. The van der Waals surface area contributed by atoms with E-state index in [2.05, 4.69) is 32.8 Å². The largest absolute Gasteiger partial charge is 0.459 e. The molecule has 1 aromatic carbocycles. The van der Waals surface area contributed by atoms with Gasteiger partial charge in [0.25, 0.3) is 0 Å². The first-order valence-corrected chi connectivity index (χ1v) is 13.0. The molecule has 3 N–H and O–H groups in total. The molecule has 2 aliphatic heterocycles. The molecule has 4 heterocycles. The van der Waals surface area contributed by atoms with Crippen LogP contribution >= 0.6 is 0 Å². The number of carbonyl (C=O) groups excluding carboxylic acids is 2. The minimum Gasteiger partial charge on any atom is -0.459 e. The molecule has 2 amide bonds. The monoisotopic (exact) mass is 520 g/mol. The predicted octanol–water partition coefficient (Wildman–Crippen LogP) is 5.33. The summed E-state index contributed by atoms with van der Waals surface area (Å²) in [5.74, 6) is 1.18. The molecule has 0 atom stereocenters. The molecule has 0 spiro atoms. The van der Waals surface area contributed by atoms with Crippen LogP contribution in [0.25, 0.3) is 11.1 Å². The lowest BCUT2D eigenvalue weighted by atomic mass is 9.80. The van der Waals surface area contributed by atoms with E-state index in [-0.39, 0.29) is 17.4 Å². The highest BCUT2D eigenvalue weighted by Crippen LogP contribution is 2.39. The Hall–Kier alpha value is -3.82. The lowest BCUT2D eigenvalue weighted by Crippen LogP contribution is -2.46. The van der Waals surface area contributed by atoms with Gasteiger partial charge in [0.05, 0.1) is 11.7 Å². The summed E-state index contributed by atoms with van der Waals surface area (Å²) >= 11 is 0. The lowest BCUT2D eigenvalue weighted by molar-refractivity contribution is -0.119. The van der Waals surface area contributed by atoms with Crippen LogP contribution in [0, 0.1) is 5.41 Å². The Morgan fingerprint density at radius 3 is 2.61 bits per heavy atom. The molecule has 10 nitrogen and oxygen atoms in total. The molecule has 5 rings (SSSR count). The molecule has 38 heavy (non-hydrogen) atoms. The highest BCUT2D eigenvalue weighted by Gasteiger charge is 2.38. The average Bonchev–Trinajstić information content (AvgIpc) is 3.38. The van der Waals surface area contributed by atoms with E-state index in [4.69, 9.17) is 14.1 Å². The quantitative estimate of drug-likeness (QED) is 0.413. The van der Waals surface area contributed by atoms with Crippen molar-refractivity contribution in [1.82, 2.24) is 15.3 Å². The molecule has 3 aromatic rings. The molecular weight excluding hydrogens is 484 g/mol. The second kappa shape index (κ2) is 9.18. The van der Waals surface area contributed by atoms with Crippen molar-refractivity contribution in [2.75, 3.05) is 35.2 Å². The number of hydrogen-bond donors (Lipinski definition) is 3. The number of fused-ring (bicyclic) bond motifs is 2. The van der Waals surface area contributed by atoms with Gasteiger partial charge in [-0.3, -0.25) is 4.79 Å². The molecule has 0 unspecified atom stereocenters. The van der Waals surface area contributed by atoms with Crippen LogP contribution in [0.3, 0.4) is 0 Å². The van der Waals surface area contributed by atoms with Crippen molar-refractivity contribution in [2.24, 2.45) is 5.41 Å². The molecule has 10 heteroatoms. The summed E-state index contributed by atoms with van der Waals surface area (Å²) in [7, 11) is 0. The molecule has 2 aliphatic rings. The number of hydrogen-bond acceptors (Lipinski definition) is 8. The highest BCUT2D eigenvalue weighted by atomic mass is 16.6. The van der Waals surface area contributed by atoms with Crippen molar-refractivity contribution < 1.29 is 18.7 Å². The molecule has 2 aromatic heterocycles. The van der Waals surface area contributed by atoms with E-state index in [1.807, 2.05) is 58.9 Å². The first-order valence-electron chi connectivity index (χ1n) is 13.0. The third kappa shape index (κ3) is 5.12. The van der Waals surface area contributed by atoms with E-state index in [1.165, 1.54) is 0 Å². The molecule has 1 saturated heterocycles. The maximum absolute atomic E-state index is 12.3. The van der Waals surface area contributed by atoms with E-state index in [9.17, 15) is 9.59 Å². The summed E-state index contributed by atoms with van der Waals surface area (Å²) in [6.07, 6.45) is 2.98. The minimum atomic E-state index is -0.557. The van der Waals surface area contributed by atoms with Gasteiger partial charge in [0.2, 0.25) is 11.9 Å². The zero-order chi connectivity index (χ0) is 27.3. The van der Waals surface area contributed by atoms with Gasteiger partial charge in [-0.15, -0.1) is 0 Å². The van der Waals surface area contributed by atoms with Crippen LogP contribution in [0.4, 0.5) is 27.9 Å². The molecule has 0 radical (unpaired) electrons. The number of nitrogens with one attached hydrogen (secondary N) is 3. The van der Waals surface area contributed by atoms with Crippen LogP contribution in [0.5, 0.6) is 0 Å². The fourth-order valence-electron chi connectivity index (χ4n) is 4.95. The lowest BCUT2D eigenvalue weighted by Gasteiger charge is -2.40. The van der Waals surface area contributed by atoms with Crippen molar-refractivity contribution in [2.45, 2.75) is 65.4 Å². The Morgan fingerprint density at radius 2 is 1.89 bits per heavy atom. The Kier molecular flexibility index (Phi) is 6.24. The SMILES string of the molecule is CC1(CNC(=O)OC(C)(C)C)CCN(c2nc(Nc3ccc4c(c3)NC(=O)C4(C)C)nc3ccoc23)CC1. The van der Waals surface area contributed by atoms with Crippen molar-refractivity contribution in [3.05, 3.63) is 36.1 Å². The van der Waals surface area contributed by atoms with Crippen molar-refractivity contribution in [1.29, 1.82) is 0 Å². The van der Waals surface area contributed by atoms with Crippen LogP contribution in [-0.2, 0) is 14.9 Å². The van der Waals surface area contributed by atoms with Crippen LogP contribution < -0.4 is 20.9 Å². The summed E-state index contributed by atoms with van der Waals surface area (Å²) in [6, 6.07) is 7.64. The second-order valence-electron chi connectivity index (χ2n) is 12.1. The number of ether oxygens (including phenoxy) is 1. The Labute approximate surface area is 222 Å². The number of aromatic nitrogens is 2. The van der Waals surface area contributed by atoms with Gasteiger partial charge in [-0.1, -0.05) is 13.0 Å². The molecule has 0 saturated carbocycles. The predicted molar refractivity (Wildman–Crippen MR) is 147 cm³/mol. The topological polar surface area (TPSA) is 122 Å². The smallest absolute Gasteiger partial charge is 0.407 e. The molecular formula is C28H36N6O4. The molecule has 1 fully saturated rings. The molecule has 202 valence electrons. The second-order valence-corrected chi connectivity index (χ2v) is 12.1. The third-order valence-electron chi connectivity index (χ3n) is 7.38. The van der Waals surface area contributed by atoms with E-state index >= 15 is 0 Å². The summed E-state index contributed by atoms with van der Waals surface area (Å²) in [6.45, 7) is 13.7. The van der Waals surface area contributed by atoms with E-state index in [1.54, 1.807) is 6.26 Å². The maximum atomic E-state index is 12.3. The number of piperidine rings is 1. The van der Waals surface area contributed by atoms with Gasteiger partial charge in [-0.2, -0.15) is 4.98 Å². The van der Waals surface area contributed by atoms with Gasteiger partial charge in [0.1, 0.15) is 11.1 Å². The summed E-state index contributed by atoms with van der Waals surface area (Å²) in [5.41, 5.74) is 2.79. The summed E-state index contributed by atoms with van der Waals surface area (Å²) in [4.78, 5) is 36.1. The van der Waals surface area contributed by atoms with Crippen LogP contribution in [-0.4, -0.2) is 47.2 Å². The van der Waals surface area contributed by atoms with E-state index in [0.717, 1.165) is 48.7 Å². The Balaban J connectivity index is 1.30. The van der Waals surface area contributed by atoms with Crippen molar-refractivity contribution >= 4 is 46.2 Å². The average molecular weight is 521 g/mol. The van der Waals surface area contributed by atoms with Gasteiger partial charge in [-0.25, -0.2) is 9.78 Å². The maximum Gasteiger partial charge on any atom is 0.407 e. The first-order chi connectivity index (χ1) is 17.8. The number of alkyl carbamates (subject to hydrolysis) is 1. The summed E-state index contributed by atoms with van der Waals surface area (Å²) < 4.78 is 11.2. The van der Waals surface area contributed by atoms with Gasteiger partial charge in [0, 0.05) is 37.1 Å². The number of furan rings is 1.